The fourth-order valence-electron chi connectivity index (χ4n) is 4.59. The number of fused-ring (bicyclic) bond motifs is 1. The number of hydrogen-bond acceptors (Lipinski definition) is 4. The summed E-state index contributed by atoms with van der Waals surface area (Å²) in [6, 6.07) is 16.6. The first-order valence-corrected chi connectivity index (χ1v) is 13.0. The molecule has 8 heteroatoms. The number of nitrogens with zero attached hydrogens (tertiary/aromatic N) is 1. The molecule has 0 saturated carbocycles. The van der Waals surface area contributed by atoms with Crippen LogP contribution in [0.3, 0.4) is 0 Å². The van der Waals surface area contributed by atoms with Crippen molar-refractivity contribution in [2.75, 3.05) is 10.6 Å². The molecule has 0 fully saturated rings. The van der Waals surface area contributed by atoms with Crippen molar-refractivity contribution >= 4 is 40.7 Å². The van der Waals surface area contributed by atoms with Gasteiger partial charge in [-0.05, 0) is 61.6 Å². The van der Waals surface area contributed by atoms with E-state index in [1.807, 2.05) is 77.9 Å². The van der Waals surface area contributed by atoms with Crippen molar-refractivity contribution in [1.29, 1.82) is 5.26 Å². The van der Waals surface area contributed by atoms with Gasteiger partial charge in [0.15, 0.2) is 0 Å². The van der Waals surface area contributed by atoms with Gasteiger partial charge in [-0.1, -0.05) is 57.2 Å². The summed E-state index contributed by atoms with van der Waals surface area (Å²) in [5, 5.41) is 18.2. The molecular formula is C32H33N5O3. The van der Waals surface area contributed by atoms with E-state index in [9.17, 15) is 19.6 Å². The minimum absolute atomic E-state index is 0.0314. The topological polar surface area (TPSA) is 127 Å². The van der Waals surface area contributed by atoms with E-state index in [1.54, 1.807) is 30.4 Å². The average molecular weight is 536 g/mol. The van der Waals surface area contributed by atoms with E-state index in [1.165, 1.54) is 0 Å². The molecule has 40 heavy (non-hydrogen) atoms. The number of aromatic nitrogens is 1. The third kappa shape index (κ3) is 6.05. The molecule has 0 unspecified atom stereocenters. The van der Waals surface area contributed by atoms with Gasteiger partial charge in [-0.2, -0.15) is 5.26 Å². The molecule has 0 saturated heterocycles. The summed E-state index contributed by atoms with van der Waals surface area (Å²) in [4.78, 5) is 42.0. The second-order valence-electron chi connectivity index (χ2n) is 11.0. The van der Waals surface area contributed by atoms with Crippen molar-refractivity contribution in [3.63, 3.8) is 0 Å². The Hall–Kier alpha value is -4.90. The molecule has 1 aromatic heterocycles. The van der Waals surface area contributed by atoms with Crippen molar-refractivity contribution in [1.82, 2.24) is 10.3 Å². The third-order valence-electron chi connectivity index (χ3n) is 6.66. The zero-order chi connectivity index (χ0) is 29.2. The fraction of sp³-hybridized carbons (Fsp3) is 0.250. The number of carbonyl (C=O) groups is 3. The van der Waals surface area contributed by atoms with E-state index < -0.39 is 5.91 Å². The number of nitriles is 1. The first-order valence-electron chi connectivity index (χ1n) is 13.0. The molecule has 2 heterocycles. The molecular weight excluding hydrogens is 502 g/mol. The van der Waals surface area contributed by atoms with E-state index in [0.29, 0.717) is 39.5 Å². The van der Waals surface area contributed by atoms with Crippen LogP contribution in [0.25, 0.3) is 11.6 Å². The first kappa shape index (κ1) is 28.1. The van der Waals surface area contributed by atoms with Crippen molar-refractivity contribution < 1.29 is 14.4 Å². The highest BCUT2D eigenvalue weighted by Gasteiger charge is 2.27. The van der Waals surface area contributed by atoms with Crippen molar-refractivity contribution in [3.8, 4) is 6.07 Å². The SMILES string of the molecule is Cc1[nH]c(C=C2C(=O)Nc3ccc(C(=O)N[C@H](C)c4ccccc4)cc32)c(C)c1NC(=O)/C(C#N)=C/C(C)(C)C. The van der Waals surface area contributed by atoms with Gasteiger partial charge in [0.05, 0.1) is 17.3 Å². The minimum Gasteiger partial charge on any atom is -0.357 e. The molecule has 3 amide bonds. The van der Waals surface area contributed by atoms with Crippen molar-refractivity contribution in [2.45, 2.75) is 47.6 Å². The van der Waals surface area contributed by atoms with Crippen LogP contribution in [0, 0.1) is 30.6 Å². The van der Waals surface area contributed by atoms with Gasteiger partial charge in [-0.25, -0.2) is 0 Å². The van der Waals surface area contributed by atoms with Gasteiger partial charge in [-0.3, -0.25) is 14.4 Å². The summed E-state index contributed by atoms with van der Waals surface area (Å²) in [6.45, 7) is 11.3. The molecule has 4 N–H and O–H groups in total. The number of aryl methyl sites for hydroxylation is 1. The summed E-state index contributed by atoms with van der Waals surface area (Å²) in [5.74, 6) is -1.03. The van der Waals surface area contributed by atoms with E-state index in [0.717, 1.165) is 11.1 Å². The highest BCUT2D eigenvalue weighted by Crippen LogP contribution is 2.35. The molecule has 1 aliphatic rings. The maximum absolute atomic E-state index is 13.0. The molecule has 204 valence electrons. The second-order valence-corrected chi connectivity index (χ2v) is 11.0. The zero-order valence-corrected chi connectivity index (χ0v) is 23.5. The highest BCUT2D eigenvalue weighted by molar-refractivity contribution is 6.35. The lowest BCUT2D eigenvalue weighted by atomic mass is 9.93. The summed E-state index contributed by atoms with van der Waals surface area (Å²) in [5.41, 5.74) is 5.34. The molecule has 0 bridgehead atoms. The second kappa shape index (κ2) is 11.1. The number of anilines is 2. The number of H-pyrrole nitrogens is 1. The molecule has 1 aliphatic heterocycles. The Morgan fingerprint density at radius 1 is 1.07 bits per heavy atom. The third-order valence-corrected chi connectivity index (χ3v) is 6.66. The van der Waals surface area contributed by atoms with Crippen LogP contribution in [-0.2, 0) is 9.59 Å². The van der Waals surface area contributed by atoms with Gasteiger partial charge in [-0.15, -0.1) is 0 Å². The fourth-order valence-corrected chi connectivity index (χ4v) is 4.59. The number of carbonyl (C=O) groups excluding carboxylic acids is 3. The molecule has 0 radical (unpaired) electrons. The van der Waals surface area contributed by atoms with E-state index in [-0.39, 0.29) is 28.8 Å². The number of nitrogens with one attached hydrogen (secondary N) is 4. The van der Waals surface area contributed by atoms with Crippen LogP contribution in [0.15, 0.2) is 60.2 Å². The smallest absolute Gasteiger partial charge is 0.266 e. The molecule has 4 rings (SSSR count). The number of allylic oxidation sites excluding steroid dienone is 1. The van der Waals surface area contributed by atoms with Gasteiger partial charge in [0.2, 0.25) is 0 Å². The molecule has 0 spiro atoms. The summed E-state index contributed by atoms with van der Waals surface area (Å²) in [7, 11) is 0. The van der Waals surface area contributed by atoms with E-state index in [4.69, 9.17) is 0 Å². The average Bonchev–Trinajstić information content (AvgIpc) is 3.36. The van der Waals surface area contributed by atoms with Gasteiger partial charge in [0.1, 0.15) is 11.6 Å². The van der Waals surface area contributed by atoms with Crippen LogP contribution in [0.4, 0.5) is 11.4 Å². The van der Waals surface area contributed by atoms with E-state index in [2.05, 4.69) is 20.9 Å². The maximum atomic E-state index is 13.0. The Balaban J connectivity index is 1.61. The highest BCUT2D eigenvalue weighted by atomic mass is 16.2. The Kier molecular flexibility index (Phi) is 7.78. The van der Waals surface area contributed by atoms with Crippen molar-refractivity contribution in [2.24, 2.45) is 5.41 Å². The van der Waals surface area contributed by atoms with Crippen LogP contribution >= 0.6 is 0 Å². The largest absolute Gasteiger partial charge is 0.357 e. The predicted octanol–water partition coefficient (Wildman–Crippen LogP) is 6.05. The first-order chi connectivity index (χ1) is 18.9. The van der Waals surface area contributed by atoms with Crippen molar-refractivity contribution in [3.05, 3.63) is 93.8 Å². The summed E-state index contributed by atoms with van der Waals surface area (Å²) < 4.78 is 0. The quantitative estimate of drug-likeness (QED) is 0.226. The summed E-state index contributed by atoms with van der Waals surface area (Å²) >= 11 is 0. The Morgan fingerprint density at radius 2 is 1.77 bits per heavy atom. The van der Waals surface area contributed by atoms with Gasteiger partial charge in [0, 0.05) is 28.2 Å². The number of hydrogen-bond donors (Lipinski definition) is 4. The van der Waals surface area contributed by atoms with Crippen LogP contribution < -0.4 is 16.0 Å². The van der Waals surface area contributed by atoms with Gasteiger partial charge >= 0.3 is 0 Å². The number of rotatable bonds is 6. The van der Waals surface area contributed by atoms with Crippen LogP contribution in [-0.4, -0.2) is 22.7 Å². The maximum Gasteiger partial charge on any atom is 0.266 e. The zero-order valence-electron chi connectivity index (χ0n) is 23.5. The molecule has 8 nitrogen and oxygen atoms in total. The van der Waals surface area contributed by atoms with Crippen LogP contribution in [0.2, 0.25) is 0 Å². The monoisotopic (exact) mass is 535 g/mol. The summed E-state index contributed by atoms with van der Waals surface area (Å²) in [6.07, 6.45) is 3.35. The molecule has 2 aromatic carbocycles. The predicted molar refractivity (Wildman–Crippen MR) is 157 cm³/mol. The Bertz CT molecular complexity index is 1600. The van der Waals surface area contributed by atoms with Gasteiger partial charge in [0.25, 0.3) is 17.7 Å². The lowest BCUT2D eigenvalue weighted by Crippen LogP contribution is -2.26. The normalized spacial score (nSPS) is 14.8. The molecule has 1 atom stereocenters. The Morgan fingerprint density at radius 3 is 2.42 bits per heavy atom. The van der Waals surface area contributed by atoms with Crippen LogP contribution in [0.1, 0.15) is 72.2 Å². The number of aromatic amines is 1. The lowest BCUT2D eigenvalue weighted by molar-refractivity contribution is -0.112. The van der Waals surface area contributed by atoms with Gasteiger partial charge < -0.3 is 20.9 Å². The van der Waals surface area contributed by atoms with Crippen LogP contribution in [0.5, 0.6) is 0 Å². The number of amides is 3. The van der Waals surface area contributed by atoms with E-state index >= 15 is 0 Å². The number of benzene rings is 2. The molecule has 3 aromatic rings. The lowest BCUT2D eigenvalue weighted by Gasteiger charge is -2.14. The minimum atomic E-state index is -0.494. The standard InChI is InChI=1S/C32H33N5O3/c1-18-27(34-20(3)28(18)37-30(39)23(17-33)16-32(4,5)6)15-25-24-14-22(12-13-26(24)36-31(25)40)29(38)35-19(2)21-10-8-7-9-11-21/h7-16,19,34H,1-6H3,(H,35,38)(H,36,40)(H,37,39)/b23-16+,25-15?/t19-/m1/s1. The Labute approximate surface area is 234 Å². The molecule has 0 aliphatic carbocycles.